The lowest BCUT2D eigenvalue weighted by atomic mass is 10.2. The first-order valence-electron chi connectivity index (χ1n) is 8.33. The lowest BCUT2D eigenvalue weighted by Gasteiger charge is -2.16. The van der Waals surface area contributed by atoms with Crippen LogP contribution in [0.1, 0.15) is 23.9 Å². The van der Waals surface area contributed by atoms with Crippen molar-refractivity contribution in [2.45, 2.75) is 25.9 Å². The van der Waals surface area contributed by atoms with Gasteiger partial charge in [-0.3, -0.25) is 10.1 Å². The second kappa shape index (κ2) is 9.05. The maximum absolute atomic E-state index is 13.0. The highest BCUT2D eigenvalue weighted by atomic mass is 79.9. The molecule has 5 nitrogen and oxygen atoms in total. The molecule has 27 heavy (non-hydrogen) atoms. The summed E-state index contributed by atoms with van der Waals surface area (Å²) in [5, 5.41) is 12.1. The summed E-state index contributed by atoms with van der Waals surface area (Å²) >= 11 is 4.77. The lowest BCUT2D eigenvalue weighted by molar-refractivity contribution is -0.122. The van der Waals surface area contributed by atoms with Crippen LogP contribution in [0, 0.1) is 5.82 Å². The predicted molar refractivity (Wildman–Crippen MR) is 107 cm³/mol. The van der Waals surface area contributed by atoms with Crippen molar-refractivity contribution < 1.29 is 13.9 Å². The maximum atomic E-state index is 13.0. The normalized spacial score (nSPS) is 11.8. The van der Waals surface area contributed by atoms with Crippen LogP contribution in [-0.2, 0) is 11.2 Å². The Morgan fingerprint density at radius 3 is 2.74 bits per heavy atom. The van der Waals surface area contributed by atoms with Crippen LogP contribution in [0.25, 0.3) is 0 Å². The third kappa shape index (κ3) is 5.58. The van der Waals surface area contributed by atoms with Crippen molar-refractivity contribution in [3.05, 3.63) is 69.4 Å². The average Bonchev–Trinajstić information content (AvgIpc) is 3.08. The van der Waals surface area contributed by atoms with E-state index in [2.05, 4.69) is 31.4 Å². The number of hydrogen-bond donors (Lipinski definition) is 1. The number of aromatic nitrogens is 2. The Balaban J connectivity index is 1.61. The van der Waals surface area contributed by atoms with Gasteiger partial charge in [0.25, 0.3) is 5.91 Å². The van der Waals surface area contributed by atoms with E-state index in [0.717, 1.165) is 15.0 Å². The number of ether oxygens (including phenoxy) is 1. The summed E-state index contributed by atoms with van der Waals surface area (Å²) in [6, 6.07) is 13.5. The van der Waals surface area contributed by atoms with E-state index in [4.69, 9.17) is 4.74 Å². The monoisotopic (exact) mass is 449 g/mol. The number of carbonyl (C=O) groups excluding carboxylic acids is 1. The fraction of sp³-hybridized carbons (Fsp3) is 0.211. The summed E-state index contributed by atoms with van der Waals surface area (Å²) in [5.41, 5.74) is 1.10. The molecule has 1 atom stereocenters. The van der Waals surface area contributed by atoms with Crippen LogP contribution < -0.4 is 10.1 Å². The molecule has 3 rings (SSSR count). The van der Waals surface area contributed by atoms with Gasteiger partial charge in [0.1, 0.15) is 16.6 Å². The summed E-state index contributed by atoms with van der Waals surface area (Å²) in [6.45, 7) is 1.84. The molecule has 0 saturated carbocycles. The second-order valence-corrected chi connectivity index (χ2v) is 7.74. The van der Waals surface area contributed by atoms with Gasteiger partial charge in [0.15, 0.2) is 6.10 Å². The number of anilines is 1. The maximum Gasteiger partial charge on any atom is 0.267 e. The zero-order valence-electron chi connectivity index (χ0n) is 14.5. The summed E-state index contributed by atoms with van der Waals surface area (Å²) < 4.78 is 19.6. The number of nitrogens with one attached hydrogen (secondary N) is 1. The van der Waals surface area contributed by atoms with Gasteiger partial charge in [-0.1, -0.05) is 46.3 Å². The van der Waals surface area contributed by atoms with E-state index in [1.165, 1.54) is 35.6 Å². The molecule has 0 fully saturated rings. The highest BCUT2D eigenvalue weighted by Crippen LogP contribution is 2.21. The van der Waals surface area contributed by atoms with Gasteiger partial charge in [-0.15, -0.1) is 10.2 Å². The first-order valence-corrected chi connectivity index (χ1v) is 9.94. The number of amides is 1. The Hall–Kier alpha value is -2.32. The molecule has 1 heterocycles. The highest BCUT2D eigenvalue weighted by molar-refractivity contribution is 9.10. The van der Waals surface area contributed by atoms with Gasteiger partial charge in [-0.05, 0) is 48.4 Å². The predicted octanol–water partition coefficient (Wildman–Crippen LogP) is 4.83. The van der Waals surface area contributed by atoms with E-state index in [0.29, 0.717) is 23.7 Å². The van der Waals surface area contributed by atoms with Crippen molar-refractivity contribution in [1.82, 2.24) is 10.2 Å². The van der Waals surface area contributed by atoms with Crippen molar-refractivity contribution in [2.75, 3.05) is 5.32 Å². The van der Waals surface area contributed by atoms with Gasteiger partial charge in [-0.25, -0.2) is 4.39 Å². The fourth-order valence-electron chi connectivity index (χ4n) is 2.38. The van der Waals surface area contributed by atoms with Gasteiger partial charge in [0.05, 0.1) is 0 Å². The lowest BCUT2D eigenvalue weighted by Crippen LogP contribution is -2.32. The number of benzene rings is 2. The molecule has 0 aliphatic heterocycles. The third-order valence-electron chi connectivity index (χ3n) is 3.70. The van der Waals surface area contributed by atoms with Crippen LogP contribution >= 0.6 is 27.3 Å². The minimum atomic E-state index is -0.701. The number of nitrogens with zero attached hydrogens (tertiary/aromatic N) is 2. The first-order chi connectivity index (χ1) is 13.0. The van der Waals surface area contributed by atoms with Crippen LogP contribution in [0.5, 0.6) is 5.75 Å². The van der Waals surface area contributed by atoms with Gasteiger partial charge in [0.2, 0.25) is 5.13 Å². The molecular formula is C19H17BrFN3O2S. The van der Waals surface area contributed by atoms with Crippen molar-refractivity contribution in [2.24, 2.45) is 0 Å². The quantitative estimate of drug-likeness (QED) is 0.560. The first kappa shape index (κ1) is 19.4. The molecule has 0 radical (unpaired) electrons. The van der Waals surface area contributed by atoms with Crippen LogP contribution in [0.15, 0.2) is 53.0 Å². The van der Waals surface area contributed by atoms with Crippen molar-refractivity contribution >= 4 is 38.3 Å². The molecule has 1 N–H and O–H groups in total. The number of halogens is 2. The van der Waals surface area contributed by atoms with Gasteiger partial charge in [0, 0.05) is 10.9 Å². The third-order valence-corrected chi connectivity index (χ3v) is 5.03. The van der Waals surface area contributed by atoms with E-state index in [-0.39, 0.29) is 11.7 Å². The van der Waals surface area contributed by atoms with Crippen LogP contribution in [-0.4, -0.2) is 22.2 Å². The second-order valence-electron chi connectivity index (χ2n) is 5.77. The van der Waals surface area contributed by atoms with Crippen LogP contribution in [0.2, 0.25) is 0 Å². The van der Waals surface area contributed by atoms with E-state index >= 15 is 0 Å². The molecule has 0 spiro atoms. The Labute approximate surface area is 168 Å². The van der Waals surface area contributed by atoms with E-state index < -0.39 is 6.10 Å². The minimum Gasteiger partial charge on any atom is -0.481 e. The highest BCUT2D eigenvalue weighted by Gasteiger charge is 2.20. The smallest absolute Gasteiger partial charge is 0.267 e. The summed E-state index contributed by atoms with van der Waals surface area (Å²) in [4.78, 5) is 12.4. The van der Waals surface area contributed by atoms with Crippen LogP contribution in [0.4, 0.5) is 9.52 Å². The SMILES string of the molecule is CC[C@H](Oc1ccc(F)cc1)C(=O)Nc1nnc(Cc2cccc(Br)c2)s1. The molecule has 8 heteroatoms. The molecule has 0 aliphatic rings. The van der Waals surface area contributed by atoms with Crippen LogP contribution in [0.3, 0.4) is 0 Å². The van der Waals surface area contributed by atoms with Crippen molar-refractivity contribution in [3.63, 3.8) is 0 Å². The Bertz CT molecular complexity index is 917. The fourth-order valence-corrected chi connectivity index (χ4v) is 3.61. The van der Waals surface area contributed by atoms with Gasteiger partial charge >= 0.3 is 0 Å². The van der Waals surface area contributed by atoms with E-state index in [1.54, 1.807) is 0 Å². The molecule has 2 aromatic carbocycles. The Kier molecular flexibility index (Phi) is 6.52. The minimum absolute atomic E-state index is 0.313. The van der Waals surface area contributed by atoms with E-state index in [1.807, 2.05) is 31.2 Å². The van der Waals surface area contributed by atoms with Gasteiger partial charge in [-0.2, -0.15) is 0 Å². The largest absolute Gasteiger partial charge is 0.481 e. The number of hydrogen-bond acceptors (Lipinski definition) is 5. The van der Waals surface area contributed by atoms with E-state index in [9.17, 15) is 9.18 Å². The molecule has 3 aromatic rings. The molecular weight excluding hydrogens is 433 g/mol. The number of rotatable bonds is 7. The summed E-state index contributed by atoms with van der Waals surface area (Å²) in [7, 11) is 0. The standard InChI is InChI=1S/C19H17BrFN3O2S/c1-2-16(26-15-8-6-14(21)7-9-15)18(25)22-19-24-23-17(27-19)11-12-4-3-5-13(20)10-12/h3-10,16H,2,11H2,1H3,(H,22,24,25)/t16-/m0/s1. The zero-order chi connectivity index (χ0) is 19.2. The Morgan fingerprint density at radius 2 is 2.04 bits per heavy atom. The molecule has 1 amide bonds. The van der Waals surface area contributed by atoms with Gasteiger partial charge < -0.3 is 4.74 Å². The topological polar surface area (TPSA) is 64.1 Å². The molecule has 140 valence electrons. The molecule has 1 aromatic heterocycles. The summed E-state index contributed by atoms with van der Waals surface area (Å²) in [5.74, 6) is -0.232. The number of carbonyl (C=O) groups is 1. The summed E-state index contributed by atoms with van der Waals surface area (Å²) in [6.07, 6.45) is 0.399. The Morgan fingerprint density at radius 1 is 1.26 bits per heavy atom. The zero-order valence-corrected chi connectivity index (χ0v) is 16.9. The van der Waals surface area contributed by atoms with Crippen molar-refractivity contribution in [3.8, 4) is 5.75 Å². The molecule has 0 aliphatic carbocycles. The molecule has 0 saturated heterocycles. The van der Waals surface area contributed by atoms with Crippen molar-refractivity contribution in [1.29, 1.82) is 0 Å². The molecule has 0 bridgehead atoms. The average molecular weight is 450 g/mol. The molecule has 0 unspecified atom stereocenters.